The molecular weight excluding hydrogens is 416 g/mol. The van der Waals surface area contributed by atoms with E-state index in [9.17, 15) is 18.0 Å². The third-order valence-electron chi connectivity index (χ3n) is 6.57. The Balaban J connectivity index is 1.60. The number of carbonyl (C=O) groups is 2. The lowest BCUT2D eigenvalue weighted by Gasteiger charge is -2.32. The van der Waals surface area contributed by atoms with Gasteiger partial charge < -0.3 is 9.64 Å². The van der Waals surface area contributed by atoms with Gasteiger partial charge in [-0.15, -0.1) is 0 Å². The number of benzene rings is 1. The Hall–Kier alpha value is -1.93. The minimum Gasteiger partial charge on any atom is -0.449 e. The van der Waals surface area contributed by atoms with Crippen LogP contribution in [0.2, 0.25) is 0 Å². The molecule has 1 aromatic carbocycles. The topological polar surface area (TPSA) is 84.0 Å². The van der Waals surface area contributed by atoms with Gasteiger partial charge in [0.15, 0.2) is 6.10 Å². The summed E-state index contributed by atoms with van der Waals surface area (Å²) in [6.45, 7) is 4.74. The first kappa shape index (κ1) is 23.7. The van der Waals surface area contributed by atoms with Gasteiger partial charge in [-0.25, -0.2) is 13.2 Å². The summed E-state index contributed by atoms with van der Waals surface area (Å²) in [7, 11) is -1.80. The highest BCUT2D eigenvalue weighted by atomic mass is 32.2. The van der Waals surface area contributed by atoms with Crippen molar-refractivity contribution in [1.82, 2.24) is 9.21 Å². The summed E-state index contributed by atoms with van der Waals surface area (Å²) in [5.74, 6) is -0.308. The SMILES string of the molecule is CC1CCN(S(=O)(=O)c2ccc(C(=O)O[C@@H](C)C(=O)N(C)C3CCCCC3)cc2)CC1. The molecule has 1 heterocycles. The van der Waals surface area contributed by atoms with Gasteiger partial charge in [0, 0.05) is 26.2 Å². The van der Waals surface area contributed by atoms with Crippen molar-refractivity contribution in [2.45, 2.75) is 75.8 Å². The van der Waals surface area contributed by atoms with Gasteiger partial charge >= 0.3 is 5.97 Å². The second-order valence-corrected chi connectivity index (χ2v) is 10.8. The molecule has 0 bridgehead atoms. The summed E-state index contributed by atoms with van der Waals surface area (Å²) in [4.78, 5) is 27.0. The molecule has 1 saturated carbocycles. The van der Waals surface area contributed by atoms with E-state index in [0.29, 0.717) is 19.0 Å². The Kier molecular flexibility index (Phi) is 7.75. The van der Waals surface area contributed by atoms with Gasteiger partial charge in [0.05, 0.1) is 10.5 Å². The van der Waals surface area contributed by atoms with Crippen LogP contribution in [0, 0.1) is 5.92 Å². The molecule has 0 unspecified atom stereocenters. The van der Waals surface area contributed by atoms with Gasteiger partial charge in [0.1, 0.15) is 0 Å². The normalized spacial score (nSPS) is 20.2. The molecule has 1 atom stereocenters. The molecule has 1 amide bonds. The molecule has 1 saturated heterocycles. The van der Waals surface area contributed by atoms with Crippen LogP contribution in [0.15, 0.2) is 29.2 Å². The molecule has 0 aromatic heterocycles. The third-order valence-corrected chi connectivity index (χ3v) is 8.48. The summed E-state index contributed by atoms with van der Waals surface area (Å²) in [6, 6.07) is 5.97. The van der Waals surface area contributed by atoms with E-state index in [1.54, 1.807) is 18.9 Å². The predicted molar refractivity (Wildman–Crippen MR) is 118 cm³/mol. The number of hydrogen-bond acceptors (Lipinski definition) is 5. The van der Waals surface area contributed by atoms with E-state index >= 15 is 0 Å². The molecule has 3 rings (SSSR count). The Morgan fingerprint density at radius 3 is 2.19 bits per heavy atom. The molecule has 0 spiro atoms. The number of piperidine rings is 1. The highest BCUT2D eigenvalue weighted by Crippen LogP contribution is 2.24. The molecule has 2 aliphatic rings. The van der Waals surface area contributed by atoms with E-state index in [1.807, 2.05) is 0 Å². The zero-order valence-corrected chi connectivity index (χ0v) is 19.6. The molecular formula is C23H34N2O5S. The monoisotopic (exact) mass is 450 g/mol. The van der Waals surface area contributed by atoms with Gasteiger partial charge in [-0.3, -0.25) is 4.79 Å². The largest absolute Gasteiger partial charge is 0.449 e. The zero-order chi connectivity index (χ0) is 22.6. The van der Waals surface area contributed by atoms with Gasteiger partial charge in [-0.1, -0.05) is 26.2 Å². The summed E-state index contributed by atoms with van der Waals surface area (Å²) in [5.41, 5.74) is 0.228. The number of sulfonamides is 1. The molecule has 1 aliphatic heterocycles. The first-order valence-corrected chi connectivity index (χ1v) is 12.7. The van der Waals surface area contributed by atoms with E-state index in [4.69, 9.17) is 4.74 Å². The molecule has 1 aliphatic carbocycles. The fourth-order valence-corrected chi connectivity index (χ4v) is 5.82. The van der Waals surface area contributed by atoms with Crippen molar-refractivity contribution < 1.29 is 22.7 Å². The second kappa shape index (κ2) is 10.1. The smallest absolute Gasteiger partial charge is 0.338 e. The zero-order valence-electron chi connectivity index (χ0n) is 18.7. The maximum absolute atomic E-state index is 12.8. The van der Waals surface area contributed by atoms with Crippen LogP contribution in [-0.2, 0) is 19.6 Å². The first-order valence-electron chi connectivity index (χ1n) is 11.3. The Morgan fingerprint density at radius 1 is 1.03 bits per heavy atom. The van der Waals surface area contributed by atoms with Crippen LogP contribution < -0.4 is 0 Å². The highest BCUT2D eigenvalue weighted by molar-refractivity contribution is 7.89. The number of nitrogens with zero attached hydrogens (tertiary/aromatic N) is 2. The van der Waals surface area contributed by atoms with Crippen LogP contribution in [0.4, 0.5) is 0 Å². The van der Waals surface area contributed by atoms with E-state index in [1.165, 1.54) is 35.0 Å². The number of hydrogen-bond donors (Lipinski definition) is 0. The molecule has 31 heavy (non-hydrogen) atoms. The standard InChI is InChI=1S/C23H34N2O5S/c1-17-13-15-25(16-14-17)31(28,29)21-11-9-19(10-12-21)23(27)30-18(2)22(26)24(3)20-7-5-4-6-8-20/h9-12,17-18,20H,4-8,13-16H2,1-3H3/t18-/m0/s1. The quantitative estimate of drug-likeness (QED) is 0.620. The van der Waals surface area contributed by atoms with Crippen LogP contribution >= 0.6 is 0 Å². The van der Waals surface area contributed by atoms with Crippen molar-refractivity contribution in [2.75, 3.05) is 20.1 Å². The fourth-order valence-electron chi connectivity index (χ4n) is 4.35. The van der Waals surface area contributed by atoms with E-state index < -0.39 is 22.1 Å². The Labute approximate surface area is 185 Å². The number of carbonyl (C=O) groups excluding carboxylic acids is 2. The highest BCUT2D eigenvalue weighted by Gasteiger charge is 2.30. The minimum atomic E-state index is -3.57. The lowest BCUT2D eigenvalue weighted by Crippen LogP contribution is -2.44. The van der Waals surface area contributed by atoms with E-state index in [0.717, 1.165) is 38.5 Å². The molecule has 0 radical (unpaired) electrons. The van der Waals surface area contributed by atoms with Gasteiger partial charge in [0.25, 0.3) is 5.91 Å². The lowest BCUT2D eigenvalue weighted by molar-refractivity contribution is -0.141. The van der Waals surface area contributed by atoms with Crippen molar-refractivity contribution in [2.24, 2.45) is 5.92 Å². The average Bonchev–Trinajstić information content (AvgIpc) is 2.79. The van der Waals surface area contributed by atoms with Crippen LogP contribution in [0.3, 0.4) is 0 Å². The Bertz CT molecular complexity index is 870. The van der Waals surface area contributed by atoms with Crippen LogP contribution in [0.25, 0.3) is 0 Å². The van der Waals surface area contributed by atoms with E-state index in [-0.39, 0.29) is 22.4 Å². The third kappa shape index (κ3) is 5.66. The van der Waals surface area contributed by atoms with Gasteiger partial charge in [0.2, 0.25) is 10.0 Å². The molecule has 2 fully saturated rings. The molecule has 0 N–H and O–H groups in total. The fraction of sp³-hybridized carbons (Fsp3) is 0.652. The Morgan fingerprint density at radius 2 is 1.61 bits per heavy atom. The predicted octanol–water partition coefficient (Wildman–Crippen LogP) is 3.44. The summed E-state index contributed by atoms with van der Waals surface area (Å²) >= 11 is 0. The summed E-state index contributed by atoms with van der Waals surface area (Å²) < 4.78 is 32.5. The maximum atomic E-state index is 12.8. The minimum absolute atomic E-state index is 0.166. The summed E-state index contributed by atoms with van der Waals surface area (Å²) in [5, 5.41) is 0. The molecule has 172 valence electrons. The average molecular weight is 451 g/mol. The first-order chi connectivity index (χ1) is 14.7. The molecule has 1 aromatic rings. The number of ether oxygens (including phenoxy) is 1. The number of amides is 1. The number of esters is 1. The van der Waals surface area contributed by atoms with Crippen LogP contribution in [-0.4, -0.2) is 61.8 Å². The molecule has 7 nitrogen and oxygen atoms in total. The summed E-state index contributed by atoms with van der Waals surface area (Å²) in [6.07, 6.45) is 6.20. The van der Waals surface area contributed by atoms with Gasteiger partial charge in [-0.05, 0) is 62.8 Å². The van der Waals surface area contributed by atoms with E-state index in [2.05, 4.69) is 6.92 Å². The molecule has 8 heteroatoms. The van der Waals surface area contributed by atoms with Crippen molar-refractivity contribution in [3.8, 4) is 0 Å². The van der Waals surface area contributed by atoms with Gasteiger partial charge in [-0.2, -0.15) is 4.31 Å². The van der Waals surface area contributed by atoms with Crippen LogP contribution in [0.5, 0.6) is 0 Å². The maximum Gasteiger partial charge on any atom is 0.338 e. The van der Waals surface area contributed by atoms with Crippen molar-refractivity contribution >= 4 is 21.9 Å². The van der Waals surface area contributed by atoms with Crippen molar-refractivity contribution in [1.29, 1.82) is 0 Å². The van der Waals surface area contributed by atoms with Crippen molar-refractivity contribution in [3.05, 3.63) is 29.8 Å². The second-order valence-electron chi connectivity index (χ2n) is 8.90. The van der Waals surface area contributed by atoms with Crippen molar-refractivity contribution in [3.63, 3.8) is 0 Å². The van der Waals surface area contributed by atoms with Crippen LogP contribution in [0.1, 0.15) is 69.2 Å². The number of likely N-dealkylation sites (N-methyl/N-ethyl adjacent to an activating group) is 1. The lowest BCUT2D eigenvalue weighted by atomic mass is 9.94. The number of rotatable bonds is 6.